The van der Waals surface area contributed by atoms with E-state index in [4.69, 9.17) is 4.98 Å². The van der Waals surface area contributed by atoms with Crippen LogP contribution in [0.1, 0.15) is 41.7 Å². The van der Waals surface area contributed by atoms with E-state index < -0.39 is 7.14 Å². The van der Waals surface area contributed by atoms with E-state index in [1.165, 1.54) is 38.8 Å². The van der Waals surface area contributed by atoms with Crippen molar-refractivity contribution in [2.75, 3.05) is 0 Å². The third kappa shape index (κ3) is 6.82. The first kappa shape index (κ1) is 32.8. The van der Waals surface area contributed by atoms with E-state index in [1.807, 2.05) is 84.9 Å². The number of hydrogen-bond acceptors (Lipinski definition) is 2. The molecule has 5 aromatic carbocycles. The monoisotopic (exact) mass is 784 g/mol. The number of benzene rings is 5. The molecule has 45 heavy (non-hydrogen) atoms. The number of aryl methyl sites for hydroxylation is 3. The van der Waals surface area contributed by atoms with Gasteiger partial charge in [-0.1, -0.05) is 124 Å². The van der Waals surface area contributed by atoms with Gasteiger partial charge in [-0.3, -0.25) is 4.98 Å². The van der Waals surface area contributed by atoms with E-state index >= 15 is 0 Å². The molecule has 1 radical (unpaired) electrons. The van der Waals surface area contributed by atoms with Crippen molar-refractivity contribution in [1.82, 2.24) is 4.98 Å². The molecule has 0 amide bonds. The number of nitrogens with zero attached hydrogens (tertiary/aromatic N) is 1. The average Bonchev–Trinajstić information content (AvgIpc) is 3.05. The minimum absolute atomic E-state index is 0. The van der Waals surface area contributed by atoms with Crippen LogP contribution in [0.2, 0.25) is 0 Å². The molecule has 0 unspecified atom stereocenters. The Kier molecular flexibility index (Phi) is 10.4. The fourth-order valence-corrected chi connectivity index (χ4v) is 8.90. The molecule has 6 aromatic rings. The Labute approximate surface area is 281 Å². The van der Waals surface area contributed by atoms with E-state index in [9.17, 15) is 4.57 Å². The van der Waals surface area contributed by atoms with Crippen LogP contribution >= 0.6 is 7.14 Å². The van der Waals surface area contributed by atoms with Gasteiger partial charge in [0.25, 0.3) is 0 Å². The van der Waals surface area contributed by atoms with Gasteiger partial charge in [0.05, 0.1) is 5.52 Å². The molecule has 229 valence electrons. The second-order valence-electron chi connectivity index (χ2n) is 12.1. The van der Waals surface area contributed by atoms with Crippen molar-refractivity contribution < 1.29 is 24.7 Å². The van der Waals surface area contributed by atoms with Gasteiger partial charge in [-0.25, -0.2) is 0 Å². The summed E-state index contributed by atoms with van der Waals surface area (Å²) in [6, 6.07) is 44.7. The van der Waals surface area contributed by atoms with Gasteiger partial charge in [0, 0.05) is 36.1 Å². The number of rotatable bonds is 5. The van der Waals surface area contributed by atoms with Crippen molar-refractivity contribution in [3.8, 4) is 11.3 Å². The predicted molar refractivity (Wildman–Crippen MR) is 186 cm³/mol. The molecule has 0 spiro atoms. The molecule has 0 saturated carbocycles. The van der Waals surface area contributed by atoms with Crippen LogP contribution in [-0.4, -0.2) is 4.98 Å². The van der Waals surface area contributed by atoms with E-state index in [-0.39, 0.29) is 20.1 Å². The van der Waals surface area contributed by atoms with Crippen LogP contribution in [0.5, 0.6) is 0 Å². The minimum atomic E-state index is -2.83. The van der Waals surface area contributed by atoms with E-state index in [0.717, 1.165) is 46.4 Å². The van der Waals surface area contributed by atoms with E-state index in [0.29, 0.717) is 5.92 Å². The van der Waals surface area contributed by atoms with Crippen molar-refractivity contribution in [3.05, 3.63) is 155 Å². The van der Waals surface area contributed by atoms with Gasteiger partial charge in [0.1, 0.15) is 7.14 Å². The molecule has 0 N–H and O–H groups in total. The Balaban J connectivity index is 0.000000177. The maximum atomic E-state index is 13.8. The molecule has 2 nitrogen and oxygen atoms in total. The second-order valence-corrected chi connectivity index (χ2v) is 14.8. The Morgan fingerprint density at radius 3 is 2.09 bits per heavy atom. The first-order valence-corrected chi connectivity index (χ1v) is 17.2. The Morgan fingerprint density at radius 2 is 1.47 bits per heavy atom. The standard InChI is InChI=1S/C23H24N.C18H14OP.Ir/c1-14(2)10-17-6-5-7-22-20(17)13-18-8-9-19-16(4)11-15(3)12-21(19)23(18)24-22;19-20(16-10-4-1-5-11-16,17-12-6-2-7-13-17)18-14-8-3-9-15-18;/h5-7,11,13-14H,8-10H2,1-4H3;1-14H;/q2*-1;. The molecule has 1 heterocycles. The SMILES string of the molecule is Cc1[c-]c2c(c(C)c1)CCc1cc3c(CC(C)C)cccc3nc1-2.O=P(c1[c-]cccc1)(c1ccccc1)c1ccccc1.[Ir]. The number of fused-ring (bicyclic) bond motifs is 4. The first-order chi connectivity index (χ1) is 21.3. The summed E-state index contributed by atoms with van der Waals surface area (Å²) in [5.74, 6) is 0.658. The Hall–Kier alpha value is -3.61. The zero-order valence-corrected chi connectivity index (χ0v) is 29.6. The molecule has 0 fully saturated rings. The molecule has 0 saturated heterocycles. The van der Waals surface area contributed by atoms with Gasteiger partial charge in [-0.15, -0.1) is 34.4 Å². The Bertz CT molecular complexity index is 1850. The normalized spacial score (nSPS) is 12.0. The summed E-state index contributed by atoms with van der Waals surface area (Å²) in [5.41, 5.74) is 10.3. The van der Waals surface area contributed by atoms with E-state index in [2.05, 4.69) is 70.2 Å². The summed E-state index contributed by atoms with van der Waals surface area (Å²) >= 11 is 0. The van der Waals surface area contributed by atoms with Crippen molar-refractivity contribution in [2.45, 2.75) is 47.0 Å². The maximum absolute atomic E-state index is 13.8. The predicted octanol–water partition coefficient (Wildman–Crippen LogP) is 8.74. The first-order valence-electron chi connectivity index (χ1n) is 15.5. The topological polar surface area (TPSA) is 30.0 Å². The second kappa shape index (κ2) is 14.2. The van der Waals surface area contributed by atoms with Gasteiger partial charge in [0.2, 0.25) is 0 Å². The summed E-state index contributed by atoms with van der Waals surface area (Å²) in [7, 11) is -2.83. The molecule has 7 rings (SSSR count). The van der Waals surface area contributed by atoms with Crippen LogP contribution in [0, 0.1) is 31.9 Å². The minimum Gasteiger partial charge on any atom is -0.311 e. The van der Waals surface area contributed by atoms with Gasteiger partial charge < -0.3 is 4.57 Å². The number of aromatic nitrogens is 1. The molecule has 1 aromatic heterocycles. The molecule has 0 aliphatic heterocycles. The van der Waals surface area contributed by atoms with Gasteiger partial charge in [0.15, 0.2) is 0 Å². The summed E-state index contributed by atoms with van der Waals surface area (Å²) in [6.45, 7) is 8.90. The molecule has 1 aliphatic carbocycles. The Morgan fingerprint density at radius 1 is 0.800 bits per heavy atom. The van der Waals surface area contributed by atoms with Crippen LogP contribution in [-0.2, 0) is 43.9 Å². The molecule has 4 heteroatoms. The zero-order chi connectivity index (χ0) is 30.7. The van der Waals surface area contributed by atoms with Crippen molar-refractivity contribution >= 4 is 34.0 Å². The van der Waals surface area contributed by atoms with Crippen molar-refractivity contribution in [1.29, 1.82) is 0 Å². The third-order valence-corrected chi connectivity index (χ3v) is 11.3. The molecule has 0 atom stereocenters. The smallest absolute Gasteiger partial charge is 0.147 e. The van der Waals surface area contributed by atoms with Gasteiger partial charge in [-0.05, 0) is 36.1 Å². The quantitative estimate of drug-likeness (QED) is 0.129. The molecule has 0 bridgehead atoms. The van der Waals surface area contributed by atoms with Gasteiger partial charge in [-0.2, -0.15) is 30.3 Å². The largest absolute Gasteiger partial charge is 0.311 e. The van der Waals surface area contributed by atoms with Crippen molar-refractivity contribution in [2.24, 2.45) is 5.92 Å². The summed E-state index contributed by atoms with van der Waals surface area (Å²) < 4.78 is 13.8. The van der Waals surface area contributed by atoms with E-state index in [1.54, 1.807) is 0 Å². The van der Waals surface area contributed by atoms with Crippen LogP contribution in [0.4, 0.5) is 0 Å². The maximum Gasteiger partial charge on any atom is 0.147 e. The third-order valence-electron chi connectivity index (χ3n) is 8.34. The summed E-state index contributed by atoms with van der Waals surface area (Å²) in [6.07, 6.45) is 3.29. The van der Waals surface area contributed by atoms with Crippen LogP contribution < -0.4 is 15.9 Å². The van der Waals surface area contributed by atoms with Crippen LogP contribution in [0.15, 0.2) is 115 Å². The van der Waals surface area contributed by atoms with Crippen molar-refractivity contribution in [3.63, 3.8) is 0 Å². The molecular formula is C41H38IrNOP-2. The molecule has 1 aliphatic rings. The van der Waals surface area contributed by atoms with Crippen LogP contribution in [0.25, 0.3) is 22.2 Å². The fraction of sp³-hybridized carbons (Fsp3) is 0.195. The summed E-state index contributed by atoms with van der Waals surface area (Å²) in [4.78, 5) is 5.08. The zero-order valence-electron chi connectivity index (χ0n) is 26.3. The fourth-order valence-electron chi connectivity index (χ4n) is 6.31. The summed E-state index contributed by atoms with van der Waals surface area (Å²) in [5, 5.41) is 3.76. The molecular weight excluding hydrogens is 746 g/mol. The van der Waals surface area contributed by atoms with Gasteiger partial charge >= 0.3 is 0 Å². The van der Waals surface area contributed by atoms with Crippen LogP contribution in [0.3, 0.4) is 0 Å². The number of hydrogen-bond donors (Lipinski definition) is 0. The number of pyridine rings is 1. The average molecular weight is 784 g/mol.